The Bertz CT molecular complexity index is 679. The van der Waals surface area contributed by atoms with E-state index in [1.807, 2.05) is 4.90 Å². The summed E-state index contributed by atoms with van der Waals surface area (Å²) in [7, 11) is 1.46. The number of likely N-dealkylation sites (N-methyl/N-ethyl adjacent to an activating group) is 1. The minimum absolute atomic E-state index is 0.101. The highest BCUT2D eigenvalue weighted by Crippen LogP contribution is 2.31. The van der Waals surface area contributed by atoms with Gasteiger partial charge in [-0.25, -0.2) is 4.39 Å². The fraction of sp³-hybridized carbons (Fsp3) is 0.412. The van der Waals surface area contributed by atoms with Gasteiger partial charge < -0.3 is 10.0 Å². The van der Waals surface area contributed by atoms with Crippen LogP contribution < -0.4 is 0 Å². The lowest BCUT2D eigenvalue weighted by atomic mass is 10.0. The highest BCUT2D eigenvalue weighted by molar-refractivity contribution is 6.35. The fourth-order valence-electron chi connectivity index (χ4n) is 3.13. The zero-order valence-corrected chi connectivity index (χ0v) is 13.5. The molecule has 128 valence electrons. The predicted octanol–water partition coefficient (Wildman–Crippen LogP) is 0.145. The van der Waals surface area contributed by atoms with Gasteiger partial charge in [0.15, 0.2) is 0 Å². The number of benzene rings is 1. The Kier molecular flexibility index (Phi) is 4.64. The van der Waals surface area contributed by atoms with E-state index >= 15 is 0 Å². The number of aliphatic hydroxyl groups excluding tert-OH is 1. The number of rotatable bonds is 4. The molecule has 7 heteroatoms. The number of hydrogen-bond acceptors (Lipinski definition) is 5. The van der Waals surface area contributed by atoms with Crippen molar-refractivity contribution in [2.45, 2.75) is 0 Å². The number of nitrogens with zero attached hydrogens (tertiary/aromatic N) is 3. The van der Waals surface area contributed by atoms with Gasteiger partial charge in [0.25, 0.3) is 11.8 Å². The summed E-state index contributed by atoms with van der Waals surface area (Å²) in [4.78, 5) is 30.2. The minimum atomic E-state index is -0.386. The van der Waals surface area contributed by atoms with Crippen molar-refractivity contribution in [1.82, 2.24) is 14.7 Å². The summed E-state index contributed by atoms with van der Waals surface area (Å²) in [5, 5.41) is 9.02. The Labute approximate surface area is 139 Å². The van der Waals surface area contributed by atoms with Crippen LogP contribution in [0.3, 0.4) is 0 Å². The van der Waals surface area contributed by atoms with Crippen molar-refractivity contribution in [1.29, 1.82) is 0 Å². The van der Waals surface area contributed by atoms with Crippen LogP contribution in [-0.2, 0) is 9.59 Å². The molecule has 2 heterocycles. The molecule has 0 aromatic heterocycles. The van der Waals surface area contributed by atoms with Crippen molar-refractivity contribution in [3.63, 3.8) is 0 Å². The van der Waals surface area contributed by atoms with E-state index in [-0.39, 0.29) is 24.2 Å². The molecular weight excluding hydrogens is 313 g/mol. The molecule has 2 aliphatic rings. The van der Waals surface area contributed by atoms with Gasteiger partial charge in [-0.1, -0.05) is 12.1 Å². The van der Waals surface area contributed by atoms with Crippen LogP contribution in [0.25, 0.3) is 5.57 Å². The van der Waals surface area contributed by atoms with Crippen molar-refractivity contribution in [2.24, 2.45) is 0 Å². The van der Waals surface area contributed by atoms with Gasteiger partial charge in [-0.2, -0.15) is 0 Å². The molecule has 3 rings (SSSR count). The molecule has 0 bridgehead atoms. The van der Waals surface area contributed by atoms with Crippen LogP contribution in [0.4, 0.5) is 4.39 Å². The summed E-state index contributed by atoms with van der Waals surface area (Å²) in [5.74, 6) is -1.07. The summed E-state index contributed by atoms with van der Waals surface area (Å²) < 4.78 is 13.2. The van der Waals surface area contributed by atoms with Gasteiger partial charge in [0.05, 0.1) is 12.2 Å². The summed E-state index contributed by atoms with van der Waals surface area (Å²) in [6.07, 6.45) is 0. The molecule has 0 unspecified atom stereocenters. The van der Waals surface area contributed by atoms with Crippen LogP contribution in [0.1, 0.15) is 5.56 Å². The average molecular weight is 333 g/mol. The quantitative estimate of drug-likeness (QED) is 0.795. The van der Waals surface area contributed by atoms with E-state index in [1.54, 1.807) is 0 Å². The van der Waals surface area contributed by atoms with E-state index in [4.69, 9.17) is 5.11 Å². The summed E-state index contributed by atoms with van der Waals surface area (Å²) in [6, 6.07) is 5.62. The summed E-state index contributed by atoms with van der Waals surface area (Å²) in [6.45, 7) is 3.34. The molecule has 0 saturated carbocycles. The van der Waals surface area contributed by atoms with Crippen LogP contribution in [0.5, 0.6) is 0 Å². The molecular formula is C17H20FN3O3. The molecule has 1 fully saturated rings. The topological polar surface area (TPSA) is 64.1 Å². The smallest absolute Gasteiger partial charge is 0.277 e. The Morgan fingerprint density at radius 1 is 1.04 bits per heavy atom. The molecule has 6 nitrogen and oxygen atoms in total. The van der Waals surface area contributed by atoms with E-state index in [2.05, 4.69) is 4.90 Å². The highest BCUT2D eigenvalue weighted by Gasteiger charge is 2.40. The lowest BCUT2D eigenvalue weighted by Crippen LogP contribution is -2.48. The van der Waals surface area contributed by atoms with Crippen molar-refractivity contribution in [2.75, 3.05) is 46.4 Å². The van der Waals surface area contributed by atoms with E-state index in [0.717, 1.165) is 4.90 Å². The van der Waals surface area contributed by atoms with Crippen molar-refractivity contribution < 1.29 is 19.1 Å². The summed E-state index contributed by atoms with van der Waals surface area (Å²) >= 11 is 0. The van der Waals surface area contributed by atoms with E-state index in [1.165, 1.54) is 31.3 Å². The molecule has 0 spiro atoms. The first-order valence-corrected chi connectivity index (χ1v) is 7.93. The molecule has 0 atom stereocenters. The largest absolute Gasteiger partial charge is 0.395 e. The van der Waals surface area contributed by atoms with Crippen molar-refractivity contribution in [3.05, 3.63) is 41.3 Å². The maximum Gasteiger partial charge on any atom is 0.277 e. The van der Waals surface area contributed by atoms with E-state index in [0.29, 0.717) is 49.6 Å². The number of amides is 2. The van der Waals surface area contributed by atoms with E-state index in [9.17, 15) is 14.0 Å². The monoisotopic (exact) mass is 333 g/mol. The fourth-order valence-corrected chi connectivity index (χ4v) is 3.13. The van der Waals surface area contributed by atoms with Crippen molar-refractivity contribution >= 4 is 17.4 Å². The molecule has 2 aliphatic heterocycles. The maximum absolute atomic E-state index is 13.2. The minimum Gasteiger partial charge on any atom is -0.395 e. The first-order chi connectivity index (χ1) is 11.5. The number of imide groups is 1. The molecule has 0 radical (unpaired) electrons. The van der Waals surface area contributed by atoms with Crippen LogP contribution in [-0.4, -0.2) is 78.0 Å². The molecule has 2 amide bonds. The van der Waals surface area contributed by atoms with Crippen LogP contribution in [0.2, 0.25) is 0 Å². The maximum atomic E-state index is 13.2. The number of carbonyl (C=O) groups is 2. The molecule has 24 heavy (non-hydrogen) atoms. The Morgan fingerprint density at radius 3 is 2.25 bits per heavy atom. The van der Waals surface area contributed by atoms with Gasteiger partial charge in [0.1, 0.15) is 11.5 Å². The SMILES string of the molecule is CN1C(=O)C(c2ccc(F)cc2)=C(N2CCN(CCO)CC2)C1=O. The van der Waals surface area contributed by atoms with Gasteiger partial charge in [0, 0.05) is 39.8 Å². The zero-order valence-electron chi connectivity index (χ0n) is 13.5. The Morgan fingerprint density at radius 2 is 1.67 bits per heavy atom. The molecule has 0 aliphatic carbocycles. The second-order valence-corrected chi connectivity index (χ2v) is 5.95. The Hall–Kier alpha value is -2.25. The molecule has 1 aromatic rings. The third-order valence-electron chi connectivity index (χ3n) is 4.50. The number of hydrogen-bond donors (Lipinski definition) is 1. The highest BCUT2D eigenvalue weighted by atomic mass is 19.1. The second kappa shape index (κ2) is 6.70. The Balaban J connectivity index is 1.93. The predicted molar refractivity (Wildman–Crippen MR) is 86.2 cm³/mol. The molecule has 1 saturated heterocycles. The zero-order chi connectivity index (χ0) is 17.3. The van der Waals surface area contributed by atoms with Gasteiger partial charge in [-0.3, -0.25) is 19.4 Å². The van der Waals surface area contributed by atoms with Gasteiger partial charge >= 0.3 is 0 Å². The van der Waals surface area contributed by atoms with Gasteiger partial charge in [0.2, 0.25) is 0 Å². The van der Waals surface area contributed by atoms with Crippen molar-refractivity contribution in [3.8, 4) is 0 Å². The first kappa shape index (κ1) is 16.6. The standard InChI is InChI=1S/C17H20FN3O3/c1-19-16(23)14(12-2-4-13(18)5-3-12)15(17(19)24)21-8-6-20(7-9-21)10-11-22/h2-5,22H,6-11H2,1H3. The number of β-amino-alcohol motifs (C(OH)–C–C–N with tert-alkyl or cyclic N) is 1. The van der Waals surface area contributed by atoms with Crippen LogP contribution in [0, 0.1) is 5.82 Å². The van der Waals surface area contributed by atoms with Crippen LogP contribution >= 0.6 is 0 Å². The normalized spacial score (nSPS) is 19.6. The third-order valence-corrected chi connectivity index (χ3v) is 4.50. The molecule has 1 aromatic carbocycles. The van der Waals surface area contributed by atoms with Gasteiger partial charge in [-0.15, -0.1) is 0 Å². The van der Waals surface area contributed by atoms with Gasteiger partial charge in [-0.05, 0) is 17.7 Å². The third kappa shape index (κ3) is 2.92. The van der Waals surface area contributed by atoms with E-state index < -0.39 is 0 Å². The first-order valence-electron chi connectivity index (χ1n) is 7.93. The second-order valence-electron chi connectivity index (χ2n) is 5.95. The molecule has 1 N–H and O–H groups in total. The lowest BCUT2D eigenvalue weighted by molar-refractivity contribution is -0.136. The average Bonchev–Trinajstić information content (AvgIpc) is 2.81. The summed E-state index contributed by atoms with van der Waals surface area (Å²) in [5.41, 5.74) is 1.27. The number of piperazine rings is 1. The number of aliphatic hydroxyl groups is 1. The van der Waals surface area contributed by atoms with Crippen LogP contribution in [0.15, 0.2) is 30.0 Å². The number of halogens is 1. The lowest BCUT2D eigenvalue weighted by Gasteiger charge is -2.36. The number of carbonyl (C=O) groups excluding carboxylic acids is 2.